The van der Waals surface area contributed by atoms with Gasteiger partial charge in [0.05, 0.1) is 0 Å². The standard InChI is InChI=1S/C15H16ClNO/c1-11(13-7-3-4-8-14(13)16)17-10-12-6-2-5-9-15(12)18/h2-9,11,17-18H,10H2,1H3. The van der Waals surface area contributed by atoms with Crippen LogP contribution in [0.4, 0.5) is 0 Å². The van der Waals surface area contributed by atoms with Crippen LogP contribution < -0.4 is 5.32 Å². The summed E-state index contributed by atoms with van der Waals surface area (Å²) in [5.74, 6) is 0.316. The SMILES string of the molecule is CC(NCc1ccccc1O)c1ccccc1Cl. The Morgan fingerprint density at radius 2 is 1.78 bits per heavy atom. The number of phenolic OH excluding ortho intramolecular Hbond substituents is 1. The van der Waals surface area contributed by atoms with Crippen LogP contribution in [0, 0.1) is 0 Å². The Kier molecular flexibility index (Phi) is 4.24. The molecule has 0 bridgehead atoms. The number of hydrogen-bond donors (Lipinski definition) is 2. The zero-order chi connectivity index (χ0) is 13.0. The van der Waals surface area contributed by atoms with Crippen LogP contribution in [-0.4, -0.2) is 5.11 Å². The Hall–Kier alpha value is -1.51. The van der Waals surface area contributed by atoms with Crippen molar-refractivity contribution in [2.24, 2.45) is 0 Å². The van der Waals surface area contributed by atoms with Crippen molar-refractivity contribution in [1.29, 1.82) is 0 Å². The van der Waals surface area contributed by atoms with E-state index in [0.29, 0.717) is 12.3 Å². The van der Waals surface area contributed by atoms with Crippen LogP contribution in [0.3, 0.4) is 0 Å². The van der Waals surface area contributed by atoms with Crippen molar-refractivity contribution in [3.05, 3.63) is 64.7 Å². The van der Waals surface area contributed by atoms with Crippen LogP contribution in [-0.2, 0) is 6.54 Å². The van der Waals surface area contributed by atoms with E-state index >= 15 is 0 Å². The van der Waals surface area contributed by atoms with Crippen LogP contribution in [0.1, 0.15) is 24.1 Å². The molecule has 2 aromatic rings. The third-order valence-corrected chi connectivity index (χ3v) is 3.31. The van der Waals surface area contributed by atoms with Gasteiger partial charge >= 0.3 is 0 Å². The Bertz CT molecular complexity index is 527. The average Bonchev–Trinajstić information content (AvgIpc) is 2.38. The topological polar surface area (TPSA) is 32.3 Å². The molecular weight excluding hydrogens is 246 g/mol. The molecule has 94 valence electrons. The number of nitrogens with one attached hydrogen (secondary N) is 1. The van der Waals surface area contributed by atoms with Gasteiger partial charge in [0.25, 0.3) is 0 Å². The van der Waals surface area contributed by atoms with Gasteiger partial charge in [-0.05, 0) is 24.6 Å². The molecule has 18 heavy (non-hydrogen) atoms. The third-order valence-electron chi connectivity index (χ3n) is 2.96. The first-order valence-corrected chi connectivity index (χ1v) is 6.31. The molecule has 2 N–H and O–H groups in total. The zero-order valence-corrected chi connectivity index (χ0v) is 11.0. The lowest BCUT2D eigenvalue weighted by Crippen LogP contribution is -2.18. The van der Waals surface area contributed by atoms with Crippen molar-refractivity contribution in [3.63, 3.8) is 0 Å². The summed E-state index contributed by atoms with van der Waals surface area (Å²) in [5.41, 5.74) is 1.95. The van der Waals surface area contributed by atoms with Crippen molar-refractivity contribution >= 4 is 11.6 Å². The molecule has 0 spiro atoms. The molecule has 1 atom stereocenters. The molecule has 2 nitrogen and oxygen atoms in total. The zero-order valence-electron chi connectivity index (χ0n) is 10.2. The van der Waals surface area contributed by atoms with Crippen LogP contribution in [0.15, 0.2) is 48.5 Å². The highest BCUT2D eigenvalue weighted by molar-refractivity contribution is 6.31. The molecule has 3 heteroatoms. The lowest BCUT2D eigenvalue weighted by Gasteiger charge is -2.16. The molecule has 0 aliphatic heterocycles. The first kappa shape index (κ1) is 12.9. The minimum Gasteiger partial charge on any atom is -0.508 e. The molecule has 0 aliphatic rings. The highest BCUT2D eigenvalue weighted by Crippen LogP contribution is 2.23. The Morgan fingerprint density at radius 3 is 2.50 bits per heavy atom. The Balaban J connectivity index is 2.03. The highest BCUT2D eigenvalue weighted by atomic mass is 35.5. The van der Waals surface area contributed by atoms with Crippen molar-refractivity contribution in [1.82, 2.24) is 5.32 Å². The molecule has 0 aliphatic carbocycles. The smallest absolute Gasteiger partial charge is 0.120 e. The molecular formula is C15H16ClNO. The summed E-state index contributed by atoms with van der Waals surface area (Å²) >= 11 is 6.14. The minimum absolute atomic E-state index is 0.137. The Labute approximate surface area is 112 Å². The monoisotopic (exact) mass is 261 g/mol. The summed E-state index contributed by atoms with van der Waals surface area (Å²) in [6.45, 7) is 2.67. The van der Waals surface area contributed by atoms with Gasteiger partial charge in [0.15, 0.2) is 0 Å². The molecule has 0 heterocycles. The summed E-state index contributed by atoms with van der Waals surface area (Å²) in [6, 6.07) is 15.2. The molecule has 2 aromatic carbocycles. The lowest BCUT2D eigenvalue weighted by molar-refractivity contribution is 0.460. The number of halogens is 1. The van der Waals surface area contributed by atoms with Crippen LogP contribution in [0.5, 0.6) is 5.75 Å². The molecule has 0 amide bonds. The summed E-state index contributed by atoms with van der Waals surface area (Å²) in [5, 5.41) is 13.8. The summed E-state index contributed by atoms with van der Waals surface area (Å²) in [4.78, 5) is 0. The maximum absolute atomic E-state index is 9.68. The lowest BCUT2D eigenvalue weighted by atomic mass is 10.1. The Morgan fingerprint density at radius 1 is 1.11 bits per heavy atom. The first-order chi connectivity index (χ1) is 8.68. The van der Waals surface area contributed by atoms with E-state index in [0.717, 1.165) is 16.1 Å². The van der Waals surface area contributed by atoms with Gasteiger partial charge in [-0.3, -0.25) is 0 Å². The van der Waals surface area contributed by atoms with Gasteiger partial charge in [0.1, 0.15) is 5.75 Å². The molecule has 0 aromatic heterocycles. The number of rotatable bonds is 4. The fourth-order valence-electron chi connectivity index (χ4n) is 1.86. The molecule has 1 unspecified atom stereocenters. The van der Waals surface area contributed by atoms with Gasteiger partial charge in [-0.25, -0.2) is 0 Å². The van der Waals surface area contributed by atoms with E-state index in [4.69, 9.17) is 11.6 Å². The van der Waals surface area contributed by atoms with Crippen molar-refractivity contribution in [2.75, 3.05) is 0 Å². The van der Waals surface area contributed by atoms with Gasteiger partial charge in [-0.2, -0.15) is 0 Å². The normalized spacial score (nSPS) is 12.3. The fourth-order valence-corrected chi connectivity index (χ4v) is 2.16. The first-order valence-electron chi connectivity index (χ1n) is 5.93. The largest absolute Gasteiger partial charge is 0.508 e. The second kappa shape index (κ2) is 5.89. The number of hydrogen-bond acceptors (Lipinski definition) is 2. The molecule has 0 fully saturated rings. The third kappa shape index (κ3) is 3.03. The number of benzene rings is 2. The highest BCUT2D eigenvalue weighted by Gasteiger charge is 2.09. The molecule has 0 saturated carbocycles. The van der Waals surface area contributed by atoms with E-state index in [1.807, 2.05) is 42.5 Å². The predicted octanol–water partition coefficient (Wildman–Crippen LogP) is 3.90. The van der Waals surface area contributed by atoms with Gasteiger partial charge < -0.3 is 10.4 Å². The second-order valence-electron chi connectivity index (χ2n) is 4.25. The van der Waals surface area contributed by atoms with E-state index in [9.17, 15) is 5.11 Å². The maximum Gasteiger partial charge on any atom is 0.120 e. The molecule has 0 radical (unpaired) electrons. The van der Waals surface area contributed by atoms with Crippen LogP contribution in [0.25, 0.3) is 0 Å². The second-order valence-corrected chi connectivity index (χ2v) is 4.66. The van der Waals surface area contributed by atoms with Gasteiger partial charge in [0.2, 0.25) is 0 Å². The number of aromatic hydroxyl groups is 1. The van der Waals surface area contributed by atoms with Crippen molar-refractivity contribution in [3.8, 4) is 5.75 Å². The maximum atomic E-state index is 9.68. The fraction of sp³-hybridized carbons (Fsp3) is 0.200. The van der Waals surface area contributed by atoms with Gasteiger partial charge in [-0.15, -0.1) is 0 Å². The van der Waals surface area contributed by atoms with Gasteiger partial charge in [-0.1, -0.05) is 48.0 Å². The van der Waals surface area contributed by atoms with Crippen LogP contribution >= 0.6 is 11.6 Å². The van der Waals surface area contributed by atoms with Crippen LogP contribution in [0.2, 0.25) is 5.02 Å². The van der Waals surface area contributed by atoms with Crippen molar-refractivity contribution < 1.29 is 5.11 Å². The van der Waals surface area contributed by atoms with E-state index in [-0.39, 0.29) is 6.04 Å². The van der Waals surface area contributed by atoms with Crippen molar-refractivity contribution in [2.45, 2.75) is 19.5 Å². The van der Waals surface area contributed by atoms with E-state index in [1.165, 1.54) is 0 Å². The number of para-hydroxylation sites is 1. The van der Waals surface area contributed by atoms with Gasteiger partial charge in [0, 0.05) is 23.2 Å². The summed E-state index contributed by atoms with van der Waals surface area (Å²) in [6.07, 6.45) is 0. The van der Waals surface area contributed by atoms with E-state index < -0.39 is 0 Å². The van der Waals surface area contributed by atoms with E-state index in [2.05, 4.69) is 12.2 Å². The number of phenols is 1. The average molecular weight is 262 g/mol. The van der Waals surface area contributed by atoms with E-state index in [1.54, 1.807) is 6.07 Å². The minimum atomic E-state index is 0.137. The summed E-state index contributed by atoms with van der Waals surface area (Å²) < 4.78 is 0. The summed E-state index contributed by atoms with van der Waals surface area (Å²) in [7, 11) is 0. The molecule has 2 rings (SSSR count). The molecule has 0 saturated heterocycles. The predicted molar refractivity (Wildman–Crippen MR) is 74.8 cm³/mol. The quantitative estimate of drug-likeness (QED) is 0.875.